The van der Waals surface area contributed by atoms with Crippen molar-refractivity contribution in [3.05, 3.63) is 70.1 Å². The molecule has 0 saturated heterocycles. The van der Waals surface area contributed by atoms with E-state index in [4.69, 9.17) is 11.6 Å². The van der Waals surface area contributed by atoms with Gasteiger partial charge < -0.3 is 4.98 Å². The number of aromatic amines is 2. The number of hydrogen-bond acceptors (Lipinski definition) is 3. The van der Waals surface area contributed by atoms with Crippen molar-refractivity contribution in [3.8, 4) is 11.3 Å². The standard InChI is InChI=1S/C20H17ClN4O/c1-11-12(2)24-25-19(11)18(26)8-13-7-14-9-17(23-20(14)22-10-13)15-5-3-4-6-16(15)21/h3-7,9-10H,8H2,1-2H3,(H,22,23)(H,24,25). The molecule has 0 atom stereocenters. The van der Waals surface area contributed by atoms with Gasteiger partial charge in [0.2, 0.25) is 0 Å². The van der Waals surface area contributed by atoms with Gasteiger partial charge in [-0.2, -0.15) is 5.10 Å². The molecule has 1 aromatic carbocycles. The number of hydrogen-bond donors (Lipinski definition) is 2. The monoisotopic (exact) mass is 364 g/mol. The molecule has 0 aliphatic heterocycles. The lowest BCUT2D eigenvalue weighted by molar-refractivity contribution is 0.0987. The zero-order valence-electron chi connectivity index (χ0n) is 14.4. The fourth-order valence-electron chi connectivity index (χ4n) is 3.01. The SMILES string of the molecule is Cc1[nH]nc(C(=O)Cc2cnc3[nH]c(-c4ccccc4Cl)cc3c2)c1C. The number of fused-ring (bicyclic) bond motifs is 1. The highest BCUT2D eigenvalue weighted by molar-refractivity contribution is 6.33. The number of carbonyl (C=O) groups excluding carboxylic acids is 1. The molecule has 6 heteroatoms. The van der Waals surface area contributed by atoms with Crippen molar-refractivity contribution in [2.75, 3.05) is 0 Å². The Bertz CT molecular complexity index is 1130. The molecule has 26 heavy (non-hydrogen) atoms. The maximum Gasteiger partial charge on any atom is 0.187 e. The Hall–Kier alpha value is -2.92. The molecule has 0 fully saturated rings. The molecular formula is C20H17ClN4O. The van der Waals surface area contributed by atoms with Gasteiger partial charge in [-0.3, -0.25) is 9.89 Å². The summed E-state index contributed by atoms with van der Waals surface area (Å²) in [5.41, 5.74) is 5.75. The molecule has 0 spiro atoms. The lowest BCUT2D eigenvalue weighted by atomic mass is 10.0. The van der Waals surface area contributed by atoms with E-state index in [2.05, 4.69) is 20.2 Å². The van der Waals surface area contributed by atoms with Crippen LogP contribution >= 0.6 is 11.6 Å². The molecule has 3 aromatic heterocycles. The van der Waals surface area contributed by atoms with Crippen molar-refractivity contribution < 1.29 is 4.79 Å². The Labute approximate surface area is 155 Å². The van der Waals surface area contributed by atoms with E-state index < -0.39 is 0 Å². The van der Waals surface area contributed by atoms with E-state index >= 15 is 0 Å². The molecular weight excluding hydrogens is 348 g/mol. The van der Waals surface area contributed by atoms with E-state index in [9.17, 15) is 4.79 Å². The number of nitrogens with zero attached hydrogens (tertiary/aromatic N) is 2. The topological polar surface area (TPSA) is 74.4 Å². The number of nitrogens with one attached hydrogen (secondary N) is 2. The van der Waals surface area contributed by atoms with E-state index in [1.54, 1.807) is 6.20 Å². The van der Waals surface area contributed by atoms with Gasteiger partial charge in [0.05, 0.1) is 0 Å². The Morgan fingerprint density at radius 3 is 2.73 bits per heavy atom. The number of benzene rings is 1. The average molecular weight is 365 g/mol. The van der Waals surface area contributed by atoms with Gasteiger partial charge in [0.1, 0.15) is 11.3 Å². The van der Waals surface area contributed by atoms with Gasteiger partial charge in [0, 0.05) is 45.5 Å². The first kappa shape index (κ1) is 16.5. The second-order valence-corrected chi connectivity index (χ2v) is 6.77. The summed E-state index contributed by atoms with van der Waals surface area (Å²) in [5.74, 6) is -0.0186. The van der Waals surface area contributed by atoms with Gasteiger partial charge >= 0.3 is 0 Å². The largest absolute Gasteiger partial charge is 0.339 e. The van der Waals surface area contributed by atoms with Crippen LogP contribution in [-0.2, 0) is 6.42 Å². The average Bonchev–Trinajstić information content (AvgIpc) is 3.19. The maximum atomic E-state index is 12.5. The number of pyridine rings is 1. The normalized spacial score (nSPS) is 11.2. The van der Waals surface area contributed by atoms with Crippen LogP contribution in [0.25, 0.3) is 22.3 Å². The van der Waals surface area contributed by atoms with Crippen molar-refractivity contribution in [1.29, 1.82) is 0 Å². The Morgan fingerprint density at radius 1 is 1.19 bits per heavy atom. The summed E-state index contributed by atoms with van der Waals surface area (Å²) in [6.45, 7) is 3.80. The van der Waals surface area contributed by atoms with Crippen LogP contribution in [0.3, 0.4) is 0 Å². The predicted octanol–water partition coefficient (Wildman–Crippen LogP) is 4.65. The summed E-state index contributed by atoms with van der Waals surface area (Å²) >= 11 is 6.28. The number of halogens is 1. The first-order valence-electron chi connectivity index (χ1n) is 8.30. The van der Waals surface area contributed by atoms with Crippen LogP contribution in [-0.4, -0.2) is 25.9 Å². The minimum Gasteiger partial charge on any atom is -0.339 e. The third-order valence-corrected chi connectivity index (χ3v) is 4.90. The van der Waals surface area contributed by atoms with E-state index in [0.717, 1.165) is 39.1 Å². The van der Waals surface area contributed by atoms with E-state index in [1.165, 1.54) is 0 Å². The van der Waals surface area contributed by atoms with E-state index in [-0.39, 0.29) is 12.2 Å². The second kappa shape index (κ2) is 6.42. The molecule has 0 amide bonds. The van der Waals surface area contributed by atoms with Gasteiger partial charge in [-0.05, 0) is 37.6 Å². The van der Waals surface area contributed by atoms with Crippen LogP contribution in [0.5, 0.6) is 0 Å². The van der Waals surface area contributed by atoms with Crippen LogP contribution in [0.4, 0.5) is 0 Å². The third-order valence-electron chi connectivity index (χ3n) is 4.57. The fraction of sp³-hybridized carbons (Fsp3) is 0.150. The smallest absolute Gasteiger partial charge is 0.187 e. The molecule has 0 aliphatic carbocycles. The van der Waals surface area contributed by atoms with Crippen LogP contribution in [0.2, 0.25) is 5.02 Å². The minimum atomic E-state index is -0.0186. The van der Waals surface area contributed by atoms with Crippen molar-refractivity contribution in [2.24, 2.45) is 0 Å². The quantitative estimate of drug-likeness (QED) is 0.517. The molecule has 3 heterocycles. The number of H-pyrrole nitrogens is 2. The van der Waals surface area contributed by atoms with Crippen LogP contribution in [0.15, 0.2) is 42.6 Å². The highest BCUT2D eigenvalue weighted by Crippen LogP contribution is 2.29. The number of Topliss-reactive ketones (excluding diaryl/α,β-unsaturated/α-hetero) is 1. The Morgan fingerprint density at radius 2 is 2.00 bits per heavy atom. The van der Waals surface area contributed by atoms with Crippen LogP contribution < -0.4 is 0 Å². The molecule has 5 nitrogen and oxygen atoms in total. The molecule has 0 bridgehead atoms. The maximum absolute atomic E-state index is 12.5. The lowest BCUT2D eigenvalue weighted by Crippen LogP contribution is -2.06. The lowest BCUT2D eigenvalue weighted by Gasteiger charge is -2.00. The van der Waals surface area contributed by atoms with E-state index in [0.29, 0.717) is 10.7 Å². The highest BCUT2D eigenvalue weighted by Gasteiger charge is 2.16. The number of rotatable bonds is 4. The van der Waals surface area contributed by atoms with Crippen molar-refractivity contribution in [1.82, 2.24) is 20.2 Å². The third kappa shape index (κ3) is 2.91. The van der Waals surface area contributed by atoms with Crippen LogP contribution in [0.1, 0.15) is 27.3 Å². The van der Waals surface area contributed by atoms with Gasteiger partial charge in [-0.1, -0.05) is 29.8 Å². The number of ketones is 1. The number of aromatic nitrogens is 4. The predicted molar refractivity (Wildman–Crippen MR) is 103 cm³/mol. The van der Waals surface area contributed by atoms with Gasteiger partial charge in [0.25, 0.3) is 0 Å². The molecule has 4 rings (SSSR count). The van der Waals surface area contributed by atoms with Crippen LogP contribution in [0, 0.1) is 13.8 Å². The first-order chi connectivity index (χ1) is 12.5. The molecule has 0 aliphatic rings. The van der Waals surface area contributed by atoms with Gasteiger partial charge in [0.15, 0.2) is 5.78 Å². The summed E-state index contributed by atoms with van der Waals surface area (Å²) in [7, 11) is 0. The highest BCUT2D eigenvalue weighted by atomic mass is 35.5. The molecule has 0 saturated carbocycles. The summed E-state index contributed by atoms with van der Waals surface area (Å²) in [6.07, 6.45) is 1.99. The molecule has 0 radical (unpaired) electrons. The molecule has 130 valence electrons. The minimum absolute atomic E-state index is 0.0186. The zero-order valence-corrected chi connectivity index (χ0v) is 15.2. The Kier molecular flexibility index (Phi) is 4.09. The fourth-order valence-corrected chi connectivity index (χ4v) is 3.25. The summed E-state index contributed by atoms with van der Waals surface area (Å²) < 4.78 is 0. The zero-order chi connectivity index (χ0) is 18.3. The number of aryl methyl sites for hydroxylation is 1. The molecule has 0 unspecified atom stereocenters. The Balaban J connectivity index is 1.65. The summed E-state index contributed by atoms with van der Waals surface area (Å²) in [6, 6.07) is 11.6. The second-order valence-electron chi connectivity index (χ2n) is 6.37. The first-order valence-corrected chi connectivity index (χ1v) is 8.68. The molecule has 4 aromatic rings. The van der Waals surface area contributed by atoms with Gasteiger partial charge in [-0.25, -0.2) is 4.98 Å². The number of carbonyl (C=O) groups is 1. The van der Waals surface area contributed by atoms with E-state index in [1.807, 2.05) is 50.2 Å². The summed E-state index contributed by atoms with van der Waals surface area (Å²) in [4.78, 5) is 20.3. The van der Waals surface area contributed by atoms with Crippen molar-refractivity contribution in [3.63, 3.8) is 0 Å². The summed E-state index contributed by atoms with van der Waals surface area (Å²) in [5, 5.41) is 8.59. The van der Waals surface area contributed by atoms with Crippen molar-refractivity contribution >= 4 is 28.4 Å². The van der Waals surface area contributed by atoms with Gasteiger partial charge in [-0.15, -0.1) is 0 Å². The van der Waals surface area contributed by atoms with Crippen molar-refractivity contribution in [2.45, 2.75) is 20.3 Å². The molecule has 2 N–H and O–H groups in total.